The molecule has 0 unspecified atom stereocenters. The molecular weight excluding hydrogens is 382 g/mol. The fourth-order valence-electron chi connectivity index (χ4n) is 2.78. The van der Waals surface area contributed by atoms with Crippen LogP contribution in [-0.4, -0.2) is 24.5 Å². The fourth-order valence-corrected chi connectivity index (χ4v) is 2.90. The van der Waals surface area contributed by atoms with E-state index < -0.39 is 23.8 Å². The number of carbonyl (C=O) groups is 3. The van der Waals surface area contributed by atoms with Crippen molar-refractivity contribution in [1.29, 1.82) is 0 Å². The van der Waals surface area contributed by atoms with E-state index in [0.717, 1.165) is 4.90 Å². The fraction of sp³-hybridized carbons (Fsp3) is 0.150. The van der Waals surface area contributed by atoms with Crippen molar-refractivity contribution in [3.8, 4) is 5.75 Å². The normalized spacial score (nSPS) is 16.6. The molecule has 7 nitrogen and oxygen atoms in total. The number of ether oxygens (including phenoxy) is 1. The van der Waals surface area contributed by atoms with Crippen LogP contribution in [0.5, 0.6) is 5.75 Å². The molecule has 1 aliphatic heterocycles. The maximum Gasteiger partial charge on any atom is 0.335 e. The number of amides is 4. The molecule has 0 aliphatic carbocycles. The van der Waals surface area contributed by atoms with E-state index in [1.165, 1.54) is 12.1 Å². The summed E-state index contributed by atoms with van der Waals surface area (Å²) in [6.45, 7) is 6.25. The molecule has 1 aliphatic rings. The van der Waals surface area contributed by atoms with E-state index in [-0.39, 0.29) is 5.70 Å². The third kappa shape index (κ3) is 3.99. The maximum absolute atomic E-state index is 12.9. The van der Waals surface area contributed by atoms with Crippen molar-refractivity contribution in [2.24, 2.45) is 5.92 Å². The Bertz CT molecular complexity index is 925. The van der Waals surface area contributed by atoms with Crippen LogP contribution in [0.2, 0.25) is 5.02 Å². The molecule has 0 aromatic heterocycles. The molecule has 1 atom stereocenters. The van der Waals surface area contributed by atoms with Crippen LogP contribution < -0.4 is 20.3 Å². The third-order valence-corrected chi connectivity index (χ3v) is 4.32. The number of rotatable bonds is 6. The highest BCUT2D eigenvalue weighted by atomic mass is 35.5. The number of benzene rings is 2. The quantitative estimate of drug-likeness (QED) is 0.725. The Morgan fingerprint density at radius 3 is 2.39 bits per heavy atom. The first kappa shape index (κ1) is 19.4. The Morgan fingerprint density at radius 1 is 1.14 bits per heavy atom. The summed E-state index contributed by atoms with van der Waals surface area (Å²) < 4.78 is 5.38. The molecule has 8 heteroatoms. The van der Waals surface area contributed by atoms with Crippen molar-refractivity contribution < 1.29 is 19.1 Å². The van der Waals surface area contributed by atoms with Crippen LogP contribution in [-0.2, 0) is 9.59 Å². The highest BCUT2D eigenvalue weighted by Crippen LogP contribution is 2.26. The van der Waals surface area contributed by atoms with Gasteiger partial charge >= 0.3 is 6.03 Å². The Morgan fingerprint density at radius 2 is 1.79 bits per heavy atom. The number of anilines is 2. The van der Waals surface area contributed by atoms with Gasteiger partial charge in [0.25, 0.3) is 5.91 Å². The summed E-state index contributed by atoms with van der Waals surface area (Å²) in [5, 5.41) is 5.60. The topological polar surface area (TPSA) is 87.7 Å². The Labute approximate surface area is 166 Å². The average molecular weight is 400 g/mol. The van der Waals surface area contributed by atoms with Gasteiger partial charge in [-0.15, -0.1) is 0 Å². The van der Waals surface area contributed by atoms with E-state index in [4.69, 9.17) is 16.3 Å². The van der Waals surface area contributed by atoms with Gasteiger partial charge in [-0.3, -0.25) is 14.9 Å². The molecule has 2 aromatic carbocycles. The molecule has 2 N–H and O–H groups in total. The van der Waals surface area contributed by atoms with Gasteiger partial charge in [-0.1, -0.05) is 18.2 Å². The van der Waals surface area contributed by atoms with Gasteiger partial charge in [0.1, 0.15) is 5.75 Å². The predicted octanol–water partition coefficient (Wildman–Crippen LogP) is 3.56. The molecule has 1 fully saturated rings. The van der Waals surface area contributed by atoms with Crippen LogP contribution in [0.15, 0.2) is 60.8 Å². The number of nitrogens with one attached hydrogen (secondary N) is 2. The molecule has 3 rings (SSSR count). The molecule has 1 heterocycles. The van der Waals surface area contributed by atoms with Gasteiger partial charge in [-0.25, -0.2) is 9.69 Å². The first-order valence-electron chi connectivity index (χ1n) is 8.53. The zero-order chi connectivity index (χ0) is 20.3. The average Bonchev–Trinajstić information content (AvgIpc) is 2.64. The van der Waals surface area contributed by atoms with Gasteiger partial charge in [0.2, 0.25) is 5.91 Å². The van der Waals surface area contributed by atoms with Gasteiger partial charge < -0.3 is 10.1 Å². The lowest BCUT2D eigenvalue weighted by molar-refractivity contribution is -0.132. The molecule has 1 saturated heterocycles. The second-order valence-corrected chi connectivity index (χ2v) is 6.42. The van der Waals surface area contributed by atoms with Crippen molar-refractivity contribution in [1.82, 2.24) is 5.32 Å². The van der Waals surface area contributed by atoms with E-state index >= 15 is 0 Å². The lowest BCUT2D eigenvalue weighted by Gasteiger charge is -2.31. The first-order chi connectivity index (χ1) is 13.4. The summed E-state index contributed by atoms with van der Waals surface area (Å²) in [6.07, 6.45) is 0. The van der Waals surface area contributed by atoms with E-state index in [1.807, 2.05) is 6.92 Å². The zero-order valence-corrected chi connectivity index (χ0v) is 15.8. The molecule has 4 amide bonds. The number of imide groups is 2. The van der Waals surface area contributed by atoms with Crippen LogP contribution in [0, 0.1) is 5.92 Å². The smallest absolute Gasteiger partial charge is 0.335 e. The van der Waals surface area contributed by atoms with Crippen molar-refractivity contribution in [2.75, 3.05) is 16.8 Å². The number of hydrogen-bond donors (Lipinski definition) is 2. The third-order valence-electron chi connectivity index (χ3n) is 4.07. The SMILES string of the molecule is C=C(Nc1ccc(OCC)cc1)[C@@H]1C(=O)NC(=O)N(c2ccc(Cl)cc2)C1=O. The predicted molar refractivity (Wildman–Crippen MR) is 106 cm³/mol. The first-order valence-corrected chi connectivity index (χ1v) is 8.91. The second-order valence-electron chi connectivity index (χ2n) is 5.99. The van der Waals surface area contributed by atoms with Gasteiger partial charge in [0.15, 0.2) is 5.92 Å². The number of nitrogens with zero attached hydrogens (tertiary/aromatic N) is 1. The van der Waals surface area contributed by atoms with E-state index in [2.05, 4.69) is 17.2 Å². The highest BCUT2D eigenvalue weighted by Gasteiger charge is 2.42. The highest BCUT2D eigenvalue weighted by molar-refractivity contribution is 6.31. The number of halogens is 1. The molecule has 28 heavy (non-hydrogen) atoms. The molecular formula is C20H18ClN3O4. The van der Waals surface area contributed by atoms with Gasteiger partial charge in [-0.05, 0) is 55.5 Å². The lowest BCUT2D eigenvalue weighted by Crippen LogP contribution is -2.59. The van der Waals surface area contributed by atoms with Crippen LogP contribution in [0.1, 0.15) is 6.92 Å². The minimum atomic E-state index is -1.26. The summed E-state index contributed by atoms with van der Waals surface area (Å²) in [4.78, 5) is 38.3. The monoisotopic (exact) mass is 399 g/mol. The van der Waals surface area contributed by atoms with Gasteiger partial charge in [0.05, 0.1) is 12.3 Å². The second kappa shape index (κ2) is 8.14. The van der Waals surface area contributed by atoms with Gasteiger partial charge in [-0.2, -0.15) is 0 Å². The van der Waals surface area contributed by atoms with E-state index in [9.17, 15) is 14.4 Å². The molecule has 0 radical (unpaired) electrons. The zero-order valence-electron chi connectivity index (χ0n) is 15.1. The summed E-state index contributed by atoms with van der Waals surface area (Å²) in [5.41, 5.74) is 1.08. The Kier molecular flexibility index (Phi) is 5.65. The largest absolute Gasteiger partial charge is 0.494 e. The number of barbiturate groups is 1. The summed E-state index contributed by atoms with van der Waals surface area (Å²) in [5.74, 6) is -1.99. The van der Waals surface area contributed by atoms with E-state index in [1.54, 1.807) is 36.4 Å². The molecule has 2 aromatic rings. The molecule has 0 spiro atoms. The van der Waals surface area contributed by atoms with Crippen LogP contribution >= 0.6 is 11.6 Å². The Balaban J connectivity index is 1.80. The summed E-state index contributed by atoms with van der Waals surface area (Å²) in [7, 11) is 0. The minimum Gasteiger partial charge on any atom is -0.494 e. The molecule has 0 saturated carbocycles. The molecule has 0 bridgehead atoms. The summed E-state index contributed by atoms with van der Waals surface area (Å²) in [6, 6.07) is 12.3. The van der Waals surface area contributed by atoms with Gasteiger partial charge in [0, 0.05) is 16.4 Å². The minimum absolute atomic E-state index is 0.151. The van der Waals surface area contributed by atoms with Crippen molar-refractivity contribution in [2.45, 2.75) is 6.92 Å². The van der Waals surface area contributed by atoms with E-state index in [0.29, 0.717) is 28.8 Å². The van der Waals surface area contributed by atoms with Crippen LogP contribution in [0.25, 0.3) is 0 Å². The maximum atomic E-state index is 12.9. The lowest BCUT2D eigenvalue weighted by atomic mass is 10.0. The van der Waals surface area contributed by atoms with Crippen LogP contribution in [0.4, 0.5) is 16.2 Å². The van der Waals surface area contributed by atoms with Crippen LogP contribution in [0.3, 0.4) is 0 Å². The number of carbonyl (C=O) groups excluding carboxylic acids is 3. The standard InChI is InChI=1S/C20H18ClN3O4/c1-3-28-16-10-6-14(7-11-16)22-12(2)17-18(25)23-20(27)24(19(17)26)15-8-4-13(21)5-9-15/h4-11,17,22H,2-3H2,1H3,(H,23,25,27)/t17-/m1/s1. The Hall–Kier alpha value is -3.32. The number of hydrogen-bond acceptors (Lipinski definition) is 5. The number of urea groups is 1. The molecule has 144 valence electrons. The van der Waals surface area contributed by atoms with Crippen molar-refractivity contribution in [3.63, 3.8) is 0 Å². The summed E-state index contributed by atoms with van der Waals surface area (Å²) >= 11 is 5.86. The van der Waals surface area contributed by atoms with Crippen molar-refractivity contribution in [3.05, 3.63) is 65.8 Å². The van der Waals surface area contributed by atoms with Crippen molar-refractivity contribution >= 4 is 40.8 Å².